The van der Waals surface area contributed by atoms with E-state index in [2.05, 4.69) is 5.32 Å². The van der Waals surface area contributed by atoms with Gasteiger partial charge in [-0.15, -0.1) is 0 Å². The topological polar surface area (TPSA) is 78.9 Å². The quantitative estimate of drug-likeness (QED) is 0.767. The van der Waals surface area contributed by atoms with Crippen LogP contribution in [0.25, 0.3) is 0 Å². The first-order valence-electron chi connectivity index (χ1n) is 6.89. The summed E-state index contributed by atoms with van der Waals surface area (Å²) in [5.74, 6) is -1.05. The van der Waals surface area contributed by atoms with Gasteiger partial charge in [0, 0.05) is 13.7 Å². The van der Waals surface area contributed by atoms with Crippen molar-refractivity contribution < 1.29 is 19.4 Å². The Morgan fingerprint density at radius 3 is 2.52 bits per heavy atom. The summed E-state index contributed by atoms with van der Waals surface area (Å²) >= 11 is 0. The Kier molecular flexibility index (Phi) is 7.25. The molecule has 6 heteroatoms. The van der Waals surface area contributed by atoms with E-state index >= 15 is 0 Å². The Hall–Kier alpha value is -2.08. The lowest BCUT2D eigenvalue weighted by atomic mass is 10.1. The highest BCUT2D eigenvalue weighted by Gasteiger charge is 2.20. The molecule has 1 atom stereocenters. The molecular weight excluding hydrogens is 272 g/mol. The number of carbonyl (C=O) groups excluding carboxylic acids is 1. The molecule has 6 nitrogen and oxygen atoms in total. The number of nitrogens with zero attached hydrogens (tertiary/aromatic N) is 1. The van der Waals surface area contributed by atoms with Crippen molar-refractivity contribution in [3.8, 4) is 0 Å². The molecular formula is C15H22N2O4. The molecule has 1 rings (SSSR count). The maximum atomic E-state index is 12.2. The van der Waals surface area contributed by atoms with Crippen molar-refractivity contribution in [3.63, 3.8) is 0 Å². The largest absolute Gasteiger partial charge is 0.480 e. The Labute approximate surface area is 124 Å². The first kappa shape index (κ1) is 17.0. The van der Waals surface area contributed by atoms with Crippen molar-refractivity contribution in [2.24, 2.45) is 0 Å². The SMILES string of the molecule is CCC(NC(=O)N(CCOC)CC(=O)O)c1ccccc1. The van der Waals surface area contributed by atoms with Gasteiger partial charge in [0.25, 0.3) is 0 Å². The molecule has 0 saturated carbocycles. The lowest BCUT2D eigenvalue weighted by molar-refractivity contribution is -0.137. The zero-order valence-electron chi connectivity index (χ0n) is 12.4. The number of carbonyl (C=O) groups is 2. The van der Waals surface area contributed by atoms with Gasteiger partial charge in [0.15, 0.2) is 0 Å². The molecule has 2 amide bonds. The summed E-state index contributed by atoms with van der Waals surface area (Å²) in [4.78, 5) is 24.3. The summed E-state index contributed by atoms with van der Waals surface area (Å²) in [5.41, 5.74) is 0.996. The molecule has 0 aliphatic heterocycles. The fraction of sp³-hybridized carbons (Fsp3) is 0.467. The number of carboxylic acids is 1. The van der Waals surface area contributed by atoms with E-state index in [9.17, 15) is 9.59 Å². The summed E-state index contributed by atoms with van der Waals surface area (Å²) < 4.78 is 4.91. The van der Waals surface area contributed by atoms with E-state index in [0.717, 1.165) is 12.0 Å². The van der Waals surface area contributed by atoms with Gasteiger partial charge in [-0.25, -0.2) is 4.79 Å². The van der Waals surface area contributed by atoms with Crippen LogP contribution in [0.2, 0.25) is 0 Å². The van der Waals surface area contributed by atoms with Crippen molar-refractivity contribution in [2.75, 3.05) is 26.8 Å². The van der Waals surface area contributed by atoms with E-state index in [1.54, 1.807) is 0 Å². The van der Waals surface area contributed by atoms with E-state index in [4.69, 9.17) is 9.84 Å². The molecule has 0 bridgehead atoms. The van der Waals surface area contributed by atoms with E-state index in [0.29, 0.717) is 6.61 Å². The second-order valence-electron chi connectivity index (χ2n) is 4.63. The first-order valence-corrected chi connectivity index (χ1v) is 6.89. The Bertz CT molecular complexity index is 450. The van der Waals surface area contributed by atoms with Crippen LogP contribution in [-0.2, 0) is 9.53 Å². The zero-order valence-corrected chi connectivity index (χ0v) is 12.4. The average molecular weight is 294 g/mol. The molecule has 0 aliphatic carbocycles. The van der Waals surface area contributed by atoms with Gasteiger partial charge in [0.2, 0.25) is 0 Å². The number of hydrogen-bond acceptors (Lipinski definition) is 3. The number of benzene rings is 1. The van der Waals surface area contributed by atoms with Gasteiger partial charge in [-0.05, 0) is 12.0 Å². The standard InChI is InChI=1S/C15H22N2O4/c1-3-13(12-7-5-4-6-8-12)16-15(20)17(9-10-21-2)11-14(18)19/h4-8,13H,3,9-11H2,1-2H3,(H,16,20)(H,18,19). The van der Waals surface area contributed by atoms with Gasteiger partial charge >= 0.3 is 12.0 Å². The minimum atomic E-state index is -1.05. The Morgan fingerprint density at radius 2 is 2.00 bits per heavy atom. The van der Waals surface area contributed by atoms with Gasteiger partial charge in [0.05, 0.1) is 12.6 Å². The second kappa shape index (κ2) is 8.97. The third-order valence-corrected chi connectivity index (χ3v) is 3.09. The summed E-state index contributed by atoms with van der Waals surface area (Å²) in [6, 6.07) is 9.06. The number of urea groups is 1. The highest BCUT2D eigenvalue weighted by molar-refractivity contribution is 5.80. The third-order valence-electron chi connectivity index (χ3n) is 3.09. The predicted molar refractivity (Wildman–Crippen MR) is 79.1 cm³/mol. The molecule has 1 unspecified atom stereocenters. The van der Waals surface area contributed by atoms with Crippen molar-refractivity contribution >= 4 is 12.0 Å². The lowest BCUT2D eigenvalue weighted by Crippen LogP contribution is -2.45. The third kappa shape index (κ3) is 5.83. The van der Waals surface area contributed by atoms with Crippen LogP contribution in [0.15, 0.2) is 30.3 Å². The van der Waals surface area contributed by atoms with Crippen molar-refractivity contribution in [2.45, 2.75) is 19.4 Å². The number of nitrogens with one attached hydrogen (secondary N) is 1. The van der Waals surface area contributed by atoms with Gasteiger partial charge in [-0.1, -0.05) is 37.3 Å². The summed E-state index contributed by atoms with van der Waals surface area (Å²) in [5, 5.41) is 11.7. The number of methoxy groups -OCH3 is 1. The van der Waals surface area contributed by atoms with Gasteiger partial charge in [-0.3, -0.25) is 4.79 Å². The lowest BCUT2D eigenvalue weighted by Gasteiger charge is -2.25. The van der Waals surface area contributed by atoms with Crippen LogP contribution in [0.3, 0.4) is 0 Å². The number of hydrogen-bond donors (Lipinski definition) is 2. The van der Waals surface area contributed by atoms with Crippen LogP contribution in [0, 0.1) is 0 Å². The minimum absolute atomic E-state index is 0.141. The molecule has 116 valence electrons. The molecule has 0 aliphatic rings. The molecule has 0 heterocycles. The highest BCUT2D eigenvalue weighted by atomic mass is 16.5. The van der Waals surface area contributed by atoms with Gasteiger partial charge in [-0.2, -0.15) is 0 Å². The number of aliphatic carboxylic acids is 1. The van der Waals surface area contributed by atoms with Gasteiger partial charge < -0.3 is 20.1 Å². The highest BCUT2D eigenvalue weighted by Crippen LogP contribution is 2.16. The van der Waals surface area contributed by atoms with Crippen LogP contribution < -0.4 is 5.32 Å². The molecule has 2 N–H and O–H groups in total. The van der Waals surface area contributed by atoms with Gasteiger partial charge in [0.1, 0.15) is 6.54 Å². The van der Waals surface area contributed by atoms with E-state index in [1.807, 2.05) is 37.3 Å². The molecule has 0 aromatic heterocycles. The van der Waals surface area contributed by atoms with Crippen molar-refractivity contribution in [3.05, 3.63) is 35.9 Å². The zero-order chi connectivity index (χ0) is 15.7. The van der Waals surface area contributed by atoms with Crippen LogP contribution >= 0.6 is 0 Å². The maximum absolute atomic E-state index is 12.2. The fourth-order valence-corrected chi connectivity index (χ4v) is 1.96. The average Bonchev–Trinajstić information content (AvgIpc) is 2.49. The summed E-state index contributed by atoms with van der Waals surface area (Å²) in [6.07, 6.45) is 0.723. The molecule has 21 heavy (non-hydrogen) atoms. The first-order chi connectivity index (χ1) is 10.1. The molecule has 1 aromatic rings. The minimum Gasteiger partial charge on any atom is -0.480 e. The Morgan fingerprint density at radius 1 is 1.33 bits per heavy atom. The molecule has 0 radical (unpaired) electrons. The number of amides is 2. The predicted octanol–water partition coefficient (Wildman–Crippen LogP) is 1.88. The molecule has 0 spiro atoms. The fourth-order valence-electron chi connectivity index (χ4n) is 1.96. The van der Waals surface area contributed by atoms with Crippen molar-refractivity contribution in [1.29, 1.82) is 0 Å². The second-order valence-corrected chi connectivity index (χ2v) is 4.63. The van der Waals surface area contributed by atoms with E-state index < -0.39 is 12.0 Å². The maximum Gasteiger partial charge on any atom is 0.323 e. The number of ether oxygens (including phenoxy) is 1. The van der Waals surface area contributed by atoms with E-state index in [1.165, 1.54) is 12.0 Å². The van der Waals surface area contributed by atoms with Crippen LogP contribution in [0.1, 0.15) is 24.9 Å². The molecule has 0 fully saturated rings. The normalized spacial score (nSPS) is 11.7. The van der Waals surface area contributed by atoms with Crippen LogP contribution in [-0.4, -0.2) is 48.8 Å². The van der Waals surface area contributed by atoms with Crippen LogP contribution in [0.5, 0.6) is 0 Å². The van der Waals surface area contributed by atoms with E-state index in [-0.39, 0.29) is 19.1 Å². The van der Waals surface area contributed by atoms with Crippen molar-refractivity contribution in [1.82, 2.24) is 10.2 Å². The monoisotopic (exact) mass is 294 g/mol. The molecule has 0 saturated heterocycles. The number of rotatable bonds is 8. The summed E-state index contributed by atoms with van der Waals surface area (Å²) in [7, 11) is 1.51. The Balaban J connectivity index is 2.71. The summed E-state index contributed by atoms with van der Waals surface area (Å²) in [6.45, 7) is 2.15. The number of carboxylic acid groups (broad SMARTS) is 1. The van der Waals surface area contributed by atoms with Crippen LogP contribution in [0.4, 0.5) is 4.79 Å². The smallest absolute Gasteiger partial charge is 0.323 e. The molecule has 1 aromatic carbocycles.